The molecule has 2 fully saturated rings. The third-order valence-electron chi connectivity index (χ3n) is 5.45. The SMILES string of the molecule is O=C(Nc1ccsc1)N1CCC(n2cc(C3CCCCC3)nn2)CC1. The molecule has 0 bridgehead atoms. The topological polar surface area (TPSA) is 63.1 Å². The van der Waals surface area contributed by atoms with Crippen molar-refractivity contribution in [3.05, 3.63) is 28.7 Å². The number of carbonyl (C=O) groups excluding carboxylic acids is 1. The van der Waals surface area contributed by atoms with E-state index in [1.54, 1.807) is 11.3 Å². The van der Waals surface area contributed by atoms with Crippen LogP contribution < -0.4 is 5.32 Å². The zero-order valence-electron chi connectivity index (χ0n) is 14.4. The number of rotatable bonds is 3. The van der Waals surface area contributed by atoms with Crippen molar-refractivity contribution in [3.8, 4) is 0 Å². The van der Waals surface area contributed by atoms with Crippen molar-refractivity contribution in [1.82, 2.24) is 19.9 Å². The normalized spacial score (nSPS) is 19.9. The molecule has 4 rings (SSSR count). The van der Waals surface area contributed by atoms with E-state index >= 15 is 0 Å². The summed E-state index contributed by atoms with van der Waals surface area (Å²) >= 11 is 1.59. The standard InChI is InChI=1S/C18H25N5OS/c24-18(19-15-8-11-25-13-15)22-9-6-16(7-10-22)23-12-17(20-21-23)14-4-2-1-3-5-14/h8,11-14,16H,1-7,9-10H2,(H,19,24). The molecule has 2 aliphatic rings. The largest absolute Gasteiger partial charge is 0.324 e. The minimum absolute atomic E-state index is 0.00154. The molecule has 2 aromatic heterocycles. The Balaban J connectivity index is 1.31. The van der Waals surface area contributed by atoms with Gasteiger partial charge in [-0.25, -0.2) is 9.48 Å². The van der Waals surface area contributed by atoms with Gasteiger partial charge in [-0.05, 0) is 37.1 Å². The molecule has 0 aromatic carbocycles. The van der Waals surface area contributed by atoms with E-state index in [4.69, 9.17) is 0 Å². The van der Waals surface area contributed by atoms with Crippen molar-refractivity contribution in [2.24, 2.45) is 0 Å². The van der Waals surface area contributed by atoms with Crippen molar-refractivity contribution in [3.63, 3.8) is 0 Å². The molecule has 1 saturated carbocycles. The number of anilines is 1. The number of likely N-dealkylation sites (tertiary alicyclic amines) is 1. The van der Waals surface area contributed by atoms with E-state index in [1.165, 1.54) is 32.1 Å². The van der Waals surface area contributed by atoms with E-state index in [9.17, 15) is 4.79 Å². The maximum absolute atomic E-state index is 12.3. The first-order valence-electron chi connectivity index (χ1n) is 9.29. The summed E-state index contributed by atoms with van der Waals surface area (Å²) in [6.45, 7) is 1.53. The fourth-order valence-electron chi connectivity index (χ4n) is 3.93. The zero-order valence-corrected chi connectivity index (χ0v) is 15.2. The summed E-state index contributed by atoms with van der Waals surface area (Å²) in [5.41, 5.74) is 2.04. The van der Waals surface area contributed by atoms with Crippen LogP contribution >= 0.6 is 11.3 Å². The summed E-state index contributed by atoms with van der Waals surface area (Å²) in [6, 6.07) is 2.28. The molecular formula is C18H25N5OS. The van der Waals surface area contributed by atoms with Crippen molar-refractivity contribution in [1.29, 1.82) is 0 Å². The summed E-state index contributed by atoms with van der Waals surface area (Å²) in [5.74, 6) is 0.596. The molecule has 0 radical (unpaired) electrons. The fourth-order valence-corrected chi connectivity index (χ4v) is 4.51. The molecule has 0 unspecified atom stereocenters. The van der Waals surface area contributed by atoms with Gasteiger partial charge in [0.2, 0.25) is 0 Å². The zero-order chi connectivity index (χ0) is 17.1. The van der Waals surface area contributed by atoms with Crippen LogP contribution in [-0.2, 0) is 0 Å². The summed E-state index contributed by atoms with van der Waals surface area (Å²) in [4.78, 5) is 14.2. The Morgan fingerprint density at radius 2 is 1.96 bits per heavy atom. The van der Waals surface area contributed by atoms with Crippen LogP contribution in [0.1, 0.15) is 62.6 Å². The number of amides is 2. The van der Waals surface area contributed by atoms with E-state index in [0.717, 1.165) is 37.3 Å². The maximum Gasteiger partial charge on any atom is 0.321 e. The van der Waals surface area contributed by atoms with Gasteiger partial charge in [-0.3, -0.25) is 0 Å². The highest BCUT2D eigenvalue weighted by Gasteiger charge is 2.26. The predicted octanol–water partition coefficient (Wildman–Crippen LogP) is 4.26. The molecule has 1 saturated heterocycles. The number of thiophene rings is 1. The number of nitrogens with one attached hydrogen (secondary N) is 1. The third-order valence-corrected chi connectivity index (χ3v) is 6.13. The number of hydrogen-bond donors (Lipinski definition) is 1. The van der Waals surface area contributed by atoms with E-state index in [1.807, 2.05) is 26.4 Å². The molecule has 1 aliphatic heterocycles. The molecule has 25 heavy (non-hydrogen) atoms. The highest BCUT2D eigenvalue weighted by Crippen LogP contribution is 2.32. The Morgan fingerprint density at radius 3 is 2.68 bits per heavy atom. The third kappa shape index (κ3) is 3.86. The summed E-state index contributed by atoms with van der Waals surface area (Å²) in [7, 11) is 0. The molecule has 0 spiro atoms. The van der Waals surface area contributed by atoms with Gasteiger partial charge in [0, 0.05) is 30.6 Å². The lowest BCUT2D eigenvalue weighted by Gasteiger charge is -2.31. The average Bonchev–Trinajstić information content (AvgIpc) is 3.34. The lowest BCUT2D eigenvalue weighted by molar-refractivity contribution is 0.179. The van der Waals surface area contributed by atoms with Gasteiger partial charge in [-0.2, -0.15) is 11.3 Å². The predicted molar refractivity (Wildman–Crippen MR) is 99.0 cm³/mol. The van der Waals surface area contributed by atoms with Crippen molar-refractivity contribution >= 4 is 23.1 Å². The van der Waals surface area contributed by atoms with Gasteiger partial charge in [0.05, 0.1) is 17.4 Å². The molecule has 7 heteroatoms. The number of piperidine rings is 1. The molecule has 1 aliphatic carbocycles. The number of urea groups is 1. The Labute approximate surface area is 152 Å². The summed E-state index contributed by atoms with van der Waals surface area (Å²) in [5, 5.41) is 15.7. The van der Waals surface area contributed by atoms with Crippen LogP contribution in [0.25, 0.3) is 0 Å². The Morgan fingerprint density at radius 1 is 1.16 bits per heavy atom. The second kappa shape index (κ2) is 7.56. The Hall–Kier alpha value is -1.89. The van der Waals surface area contributed by atoms with Crippen LogP contribution in [0.3, 0.4) is 0 Å². The van der Waals surface area contributed by atoms with E-state index in [-0.39, 0.29) is 6.03 Å². The Kier molecular flexibility index (Phi) is 5.01. The molecule has 2 aromatic rings. The van der Waals surface area contributed by atoms with Gasteiger partial charge in [-0.15, -0.1) is 5.10 Å². The molecule has 2 amide bonds. The van der Waals surface area contributed by atoms with Gasteiger partial charge in [-0.1, -0.05) is 24.5 Å². The number of hydrogen-bond acceptors (Lipinski definition) is 4. The molecule has 6 nitrogen and oxygen atoms in total. The van der Waals surface area contributed by atoms with Gasteiger partial charge < -0.3 is 10.2 Å². The average molecular weight is 359 g/mol. The maximum atomic E-state index is 12.3. The van der Waals surface area contributed by atoms with Crippen LogP contribution in [0, 0.1) is 0 Å². The van der Waals surface area contributed by atoms with Crippen LogP contribution in [0.2, 0.25) is 0 Å². The number of nitrogens with zero attached hydrogens (tertiary/aromatic N) is 4. The van der Waals surface area contributed by atoms with Crippen molar-refractivity contribution in [2.75, 3.05) is 18.4 Å². The summed E-state index contributed by atoms with van der Waals surface area (Å²) < 4.78 is 2.04. The van der Waals surface area contributed by atoms with Crippen LogP contribution in [0.4, 0.5) is 10.5 Å². The van der Waals surface area contributed by atoms with Gasteiger partial charge in [0.1, 0.15) is 0 Å². The highest BCUT2D eigenvalue weighted by molar-refractivity contribution is 7.08. The van der Waals surface area contributed by atoms with E-state index in [2.05, 4.69) is 21.8 Å². The Bertz CT molecular complexity index is 684. The number of carbonyl (C=O) groups is 1. The van der Waals surface area contributed by atoms with Crippen molar-refractivity contribution in [2.45, 2.75) is 56.9 Å². The highest BCUT2D eigenvalue weighted by atomic mass is 32.1. The second-order valence-electron chi connectivity index (χ2n) is 7.12. The second-order valence-corrected chi connectivity index (χ2v) is 7.90. The monoisotopic (exact) mass is 359 g/mol. The lowest BCUT2D eigenvalue weighted by atomic mass is 9.87. The van der Waals surface area contributed by atoms with Crippen LogP contribution in [-0.4, -0.2) is 39.0 Å². The minimum Gasteiger partial charge on any atom is -0.324 e. The summed E-state index contributed by atoms with van der Waals surface area (Å²) in [6.07, 6.45) is 10.5. The molecule has 3 heterocycles. The van der Waals surface area contributed by atoms with E-state index < -0.39 is 0 Å². The van der Waals surface area contributed by atoms with Gasteiger partial charge in [0.25, 0.3) is 0 Å². The fraction of sp³-hybridized carbons (Fsp3) is 0.611. The lowest BCUT2D eigenvalue weighted by Crippen LogP contribution is -2.41. The molecule has 1 N–H and O–H groups in total. The first-order valence-corrected chi connectivity index (χ1v) is 10.2. The minimum atomic E-state index is -0.00154. The van der Waals surface area contributed by atoms with Crippen LogP contribution in [0.5, 0.6) is 0 Å². The van der Waals surface area contributed by atoms with Gasteiger partial charge in [0.15, 0.2) is 0 Å². The van der Waals surface area contributed by atoms with Crippen LogP contribution in [0.15, 0.2) is 23.0 Å². The van der Waals surface area contributed by atoms with E-state index in [0.29, 0.717) is 12.0 Å². The van der Waals surface area contributed by atoms with Gasteiger partial charge >= 0.3 is 6.03 Å². The number of aromatic nitrogens is 3. The molecular weight excluding hydrogens is 334 g/mol. The quantitative estimate of drug-likeness (QED) is 0.891. The molecule has 0 atom stereocenters. The first kappa shape index (κ1) is 16.6. The molecule has 134 valence electrons. The smallest absolute Gasteiger partial charge is 0.321 e. The van der Waals surface area contributed by atoms with Crippen molar-refractivity contribution < 1.29 is 4.79 Å². The first-order chi connectivity index (χ1) is 12.3.